The standard InChI is InChI=1S/C16H23N3O2/c1-11-5-3-4-6-14(11)13-7-9-19(10-8-13)12(2)15(20)18-16(17)21/h3-6,12-13H,7-10H2,1-2H3,(H3,17,18,20,21). The summed E-state index contributed by atoms with van der Waals surface area (Å²) in [6.45, 7) is 5.66. The average molecular weight is 289 g/mol. The Balaban J connectivity index is 1.93. The van der Waals surface area contributed by atoms with Gasteiger partial charge in [-0.25, -0.2) is 4.79 Å². The third-order valence-electron chi connectivity index (χ3n) is 4.33. The highest BCUT2D eigenvalue weighted by Gasteiger charge is 2.28. The Morgan fingerprint density at radius 1 is 1.29 bits per heavy atom. The second-order valence-electron chi connectivity index (χ2n) is 5.70. The fourth-order valence-electron chi connectivity index (χ4n) is 3.03. The van der Waals surface area contributed by atoms with Crippen LogP contribution in [0.25, 0.3) is 0 Å². The van der Waals surface area contributed by atoms with E-state index < -0.39 is 6.03 Å². The van der Waals surface area contributed by atoms with Gasteiger partial charge in [-0.3, -0.25) is 15.0 Å². The van der Waals surface area contributed by atoms with Gasteiger partial charge in [-0.1, -0.05) is 24.3 Å². The monoisotopic (exact) mass is 289 g/mol. The van der Waals surface area contributed by atoms with Crippen molar-refractivity contribution in [3.05, 3.63) is 35.4 Å². The number of rotatable bonds is 3. The van der Waals surface area contributed by atoms with Crippen LogP contribution in [-0.2, 0) is 4.79 Å². The van der Waals surface area contributed by atoms with Crippen LogP contribution in [0.1, 0.15) is 36.8 Å². The van der Waals surface area contributed by atoms with Crippen LogP contribution >= 0.6 is 0 Å². The second-order valence-corrected chi connectivity index (χ2v) is 5.70. The average Bonchev–Trinajstić information content (AvgIpc) is 2.46. The van der Waals surface area contributed by atoms with Crippen molar-refractivity contribution in [1.82, 2.24) is 10.2 Å². The number of carbonyl (C=O) groups excluding carboxylic acids is 2. The number of urea groups is 1. The molecule has 1 aromatic rings. The van der Waals surface area contributed by atoms with Crippen LogP contribution in [0, 0.1) is 6.92 Å². The fraction of sp³-hybridized carbons (Fsp3) is 0.500. The molecule has 0 aliphatic carbocycles. The van der Waals surface area contributed by atoms with Gasteiger partial charge in [0.2, 0.25) is 5.91 Å². The molecule has 114 valence electrons. The highest BCUT2D eigenvalue weighted by atomic mass is 16.2. The van der Waals surface area contributed by atoms with Crippen molar-refractivity contribution in [2.75, 3.05) is 13.1 Å². The van der Waals surface area contributed by atoms with Crippen molar-refractivity contribution in [2.45, 2.75) is 38.6 Å². The lowest BCUT2D eigenvalue weighted by Gasteiger charge is -2.35. The summed E-state index contributed by atoms with van der Waals surface area (Å²) in [6.07, 6.45) is 2.05. The van der Waals surface area contributed by atoms with Gasteiger partial charge < -0.3 is 5.73 Å². The summed E-state index contributed by atoms with van der Waals surface area (Å²) in [7, 11) is 0. The van der Waals surface area contributed by atoms with Gasteiger partial charge in [-0.2, -0.15) is 0 Å². The van der Waals surface area contributed by atoms with E-state index in [1.54, 1.807) is 0 Å². The first-order valence-electron chi connectivity index (χ1n) is 7.39. The number of hydrogen-bond donors (Lipinski definition) is 2. The predicted octanol–water partition coefficient (Wildman–Crippen LogP) is 1.76. The molecule has 5 nitrogen and oxygen atoms in total. The summed E-state index contributed by atoms with van der Waals surface area (Å²) in [5.74, 6) is 0.227. The molecule has 0 bridgehead atoms. The normalized spacial score (nSPS) is 18.2. The summed E-state index contributed by atoms with van der Waals surface area (Å²) in [5, 5.41) is 2.15. The summed E-state index contributed by atoms with van der Waals surface area (Å²) < 4.78 is 0. The van der Waals surface area contributed by atoms with Crippen molar-refractivity contribution >= 4 is 11.9 Å². The highest BCUT2D eigenvalue weighted by Crippen LogP contribution is 2.30. The minimum absolute atomic E-state index is 0.322. The topological polar surface area (TPSA) is 75.4 Å². The van der Waals surface area contributed by atoms with E-state index in [-0.39, 0.29) is 11.9 Å². The lowest BCUT2D eigenvalue weighted by Crippen LogP contribution is -2.50. The first-order chi connectivity index (χ1) is 9.99. The fourth-order valence-corrected chi connectivity index (χ4v) is 3.03. The Labute approximate surface area is 125 Å². The van der Waals surface area contributed by atoms with E-state index in [2.05, 4.69) is 41.4 Å². The smallest absolute Gasteiger partial charge is 0.318 e. The van der Waals surface area contributed by atoms with Gasteiger partial charge in [0.25, 0.3) is 0 Å². The van der Waals surface area contributed by atoms with Crippen molar-refractivity contribution in [3.63, 3.8) is 0 Å². The lowest BCUT2D eigenvalue weighted by atomic mass is 9.86. The van der Waals surface area contributed by atoms with Gasteiger partial charge in [0.15, 0.2) is 0 Å². The first-order valence-corrected chi connectivity index (χ1v) is 7.39. The molecule has 1 unspecified atom stereocenters. The Bertz CT molecular complexity index is 522. The minimum atomic E-state index is -0.790. The van der Waals surface area contributed by atoms with Crippen LogP contribution in [0.3, 0.4) is 0 Å². The van der Waals surface area contributed by atoms with E-state index in [9.17, 15) is 9.59 Å². The molecule has 1 aliphatic rings. The Kier molecular flexibility index (Phi) is 4.96. The van der Waals surface area contributed by atoms with Gasteiger partial charge in [0.05, 0.1) is 6.04 Å². The van der Waals surface area contributed by atoms with E-state index >= 15 is 0 Å². The van der Waals surface area contributed by atoms with Crippen LogP contribution in [0.2, 0.25) is 0 Å². The number of aryl methyl sites for hydroxylation is 1. The Morgan fingerprint density at radius 2 is 1.90 bits per heavy atom. The van der Waals surface area contributed by atoms with Crippen LogP contribution in [0.15, 0.2) is 24.3 Å². The number of nitrogens with two attached hydrogens (primary N) is 1. The van der Waals surface area contributed by atoms with Crippen molar-refractivity contribution in [3.8, 4) is 0 Å². The molecule has 0 aromatic heterocycles. The molecular formula is C16H23N3O2. The summed E-state index contributed by atoms with van der Waals surface area (Å²) in [6, 6.07) is 7.36. The van der Waals surface area contributed by atoms with Crippen molar-refractivity contribution < 1.29 is 9.59 Å². The van der Waals surface area contributed by atoms with E-state index in [4.69, 9.17) is 5.73 Å². The number of amides is 3. The largest absolute Gasteiger partial charge is 0.351 e. The quantitative estimate of drug-likeness (QED) is 0.890. The van der Waals surface area contributed by atoms with Crippen molar-refractivity contribution in [2.24, 2.45) is 5.73 Å². The molecule has 1 saturated heterocycles. The SMILES string of the molecule is Cc1ccccc1C1CCN(C(C)C(=O)NC(N)=O)CC1. The molecule has 21 heavy (non-hydrogen) atoms. The number of likely N-dealkylation sites (tertiary alicyclic amines) is 1. The number of nitrogens with one attached hydrogen (secondary N) is 1. The van der Waals surface area contributed by atoms with Crippen LogP contribution in [0.4, 0.5) is 4.79 Å². The number of carbonyl (C=O) groups is 2. The molecule has 1 fully saturated rings. The van der Waals surface area contributed by atoms with Crippen LogP contribution < -0.4 is 11.1 Å². The van der Waals surface area contributed by atoms with E-state index in [0.29, 0.717) is 5.92 Å². The number of piperidine rings is 1. The van der Waals surface area contributed by atoms with Gasteiger partial charge in [0.1, 0.15) is 0 Å². The number of imide groups is 1. The molecule has 1 aromatic carbocycles. The van der Waals surface area contributed by atoms with Gasteiger partial charge >= 0.3 is 6.03 Å². The summed E-state index contributed by atoms with van der Waals surface area (Å²) in [4.78, 5) is 24.7. The Hall–Kier alpha value is -1.88. The predicted molar refractivity (Wildman–Crippen MR) is 81.9 cm³/mol. The second kappa shape index (κ2) is 6.72. The van der Waals surface area contributed by atoms with Crippen molar-refractivity contribution in [1.29, 1.82) is 0 Å². The molecule has 1 atom stereocenters. The number of benzene rings is 1. The van der Waals surface area contributed by atoms with Gasteiger partial charge in [-0.15, -0.1) is 0 Å². The van der Waals surface area contributed by atoms with E-state index in [0.717, 1.165) is 25.9 Å². The maximum atomic E-state index is 11.8. The number of nitrogens with zero attached hydrogens (tertiary/aromatic N) is 1. The number of primary amides is 1. The van der Waals surface area contributed by atoms with E-state index in [1.807, 2.05) is 6.92 Å². The zero-order valence-electron chi connectivity index (χ0n) is 12.6. The molecule has 0 spiro atoms. The summed E-state index contributed by atoms with van der Waals surface area (Å²) >= 11 is 0. The molecule has 3 N–H and O–H groups in total. The molecule has 5 heteroatoms. The maximum absolute atomic E-state index is 11.8. The Morgan fingerprint density at radius 3 is 2.48 bits per heavy atom. The highest BCUT2D eigenvalue weighted by molar-refractivity contribution is 5.96. The lowest BCUT2D eigenvalue weighted by molar-refractivity contribution is -0.125. The van der Waals surface area contributed by atoms with Gasteiger partial charge in [0, 0.05) is 0 Å². The molecule has 3 amide bonds. The van der Waals surface area contributed by atoms with Crippen LogP contribution in [-0.4, -0.2) is 36.0 Å². The first kappa shape index (κ1) is 15.5. The van der Waals surface area contributed by atoms with Gasteiger partial charge in [-0.05, 0) is 56.8 Å². The molecule has 2 rings (SSSR count). The third kappa shape index (κ3) is 3.82. The zero-order valence-corrected chi connectivity index (χ0v) is 12.6. The van der Waals surface area contributed by atoms with E-state index in [1.165, 1.54) is 11.1 Å². The molecule has 0 radical (unpaired) electrons. The third-order valence-corrected chi connectivity index (χ3v) is 4.33. The molecule has 0 saturated carbocycles. The maximum Gasteiger partial charge on any atom is 0.318 e. The number of hydrogen-bond acceptors (Lipinski definition) is 3. The molecular weight excluding hydrogens is 266 g/mol. The summed E-state index contributed by atoms with van der Waals surface area (Å²) in [5.41, 5.74) is 7.72. The molecule has 1 aliphatic heterocycles. The molecule has 1 heterocycles. The van der Waals surface area contributed by atoms with Crippen LogP contribution in [0.5, 0.6) is 0 Å². The minimum Gasteiger partial charge on any atom is -0.351 e. The zero-order chi connectivity index (χ0) is 15.4.